The fourth-order valence-corrected chi connectivity index (χ4v) is 2.31. The van der Waals surface area contributed by atoms with Crippen LogP contribution in [0.1, 0.15) is 39.0 Å². The standard InChI is InChI=1S/C11H16BrN3/c1-11(5-3-2-4-6-11)15-10-13-7-9(12)8-14-10/h7-8H,2-6H2,1H3,(H,13,14,15). The fourth-order valence-electron chi connectivity index (χ4n) is 2.10. The highest BCUT2D eigenvalue weighted by atomic mass is 79.9. The van der Waals surface area contributed by atoms with Gasteiger partial charge in [0.05, 0.1) is 4.47 Å². The number of rotatable bonds is 2. The highest BCUT2D eigenvalue weighted by Crippen LogP contribution is 2.30. The Morgan fingerprint density at radius 3 is 2.40 bits per heavy atom. The summed E-state index contributed by atoms with van der Waals surface area (Å²) < 4.78 is 0.918. The Bertz CT molecular complexity index is 317. The lowest BCUT2D eigenvalue weighted by atomic mass is 9.83. The van der Waals surface area contributed by atoms with E-state index in [-0.39, 0.29) is 5.54 Å². The van der Waals surface area contributed by atoms with E-state index in [0.717, 1.165) is 10.4 Å². The Morgan fingerprint density at radius 1 is 1.20 bits per heavy atom. The first kappa shape index (κ1) is 10.9. The van der Waals surface area contributed by atoms with Gasteiger partial charge >= 0.3 is 0 Å². The van der Waals surface area contributed by atoms with Crippen LogP contribution in [0.15, 0.2) is 16.9 Å². The number of anilines is 1. The van der Waals surface area contributed by atoms with Gasteiger partial charge in [-0.05, 0) is 35.7 Å². The van der Waals surface area contributed by atoms with Crippen molar-refractivity contribution in [1.82, 2.24) is 9.97 Å². The summed E-state index contributed by atoms with van der Waals surface area (Å²) in [7, 11) is 0. The lowest BCUT2D eigenvalue weighted by Crippen LogP contribution is -2.37. The van der Waals surface area contributed by atoms with Crippen LogP contribution < -0.4 is 5.32 Å². The molecule has 0 aromatic carbocycles. The van der Waals surface area contributed by atoms with E-state index in [1.165, 1.54) is 32.1 Å². The van der Waals surface area contributed by atoms with Crippen LogP contribution in [0.3, 0.4) is 0 Å². The summed E-state index contributed by atoms with van der Waals surface area (Å²) in [5.41, 5.74) is 0.187. The van der Waals surface area contributed by atoms with E-state index in [2.05, 4.69) is 38.1 Å². The first-order chi connectivity index (χ1) is 7.18. The third kappa shape index (κ3) is 2.91. The molecule has 3 nitrogen and oxygen atoms in total. The third-order valence-corrected chi connectivity index (χ3v) is 3.40. The molecule has 0 aliphatic heterocycles. The van der Waals surface area contributed by atoms with Crippen molar-refractivity contribution in [1.29, 1.82) is 0 Å². The van der Waals surface area contributed by atoms with E-state index in [1.54, 1.807) is 12.4 Å². The minimum absolute atomic E-state index is 0.187. The van der Waals surface area contributed by atoms with E-state index in [1.807, 2.05) is 0 Å². The van der Waals surface area contributed by atoms with E-state index in [9.17, 15) is 0 Å². The molecule has 0 atom stereocenters. The van der Waals surface area contributed by atoms with Gasteiger partial charge in [-0.2, -0.15) is 0 Å². The fraction of sp³-hybridized carbons (Fsp3) is 0.636. The summed E-state index contributed by atoms with van der Waals surface area (Å²) in [6.45, 7) is 2.26. The van der Waals surface area contributed by atoms with Crippen LogP contribution >= 0.6 is 15.9 Å². The van der Waals surface area contributed by atoms with Crippen LogP contribution in [0.4, 0.5) is 5.95 Å². The van der Waals surface area contributed by atoms with Gasteiger partial charge in [-0.3, -0.25) is 0 Å². The van der Waals surface area contributed by atoms with Gasteiger partial charge in [0.2, 0.25) is 5.95 Å². The van der Waals surface area contributed by atoms with Gasteiger partial charge in [-0.15, -0.1) is 0 Å². The first-order valence-electron chi connectivity index (χ1n) is 5.44. The van der Waals surface area contributed by atoms with Crippen molar-refractivity contribution in [2.75, 3.05) is 5.32 Å². The topological polar surface area (TPSA) is 37.8 Å². The van der Waals surface area contributed by atoms with Crippen LogP contribution in [0.5, 0.6) is 0 Å². The van der Waals surface area contributed by atoms with Gasteiger partial charge in [0.25, 0.3) is 0 Å². The largest absolute Gasteiger partial charge is 0.349 e. The molecule has 1 saturated carbocycles. The van der Waals surface area contributed by atoms with Crippen molar-refractivity contribution in [2.24, 2.45) is 0 Å². The molecule has 15 heavy (non-hydrogen) atoms. The molecule has 0 bridgehead atoms. The molecule has 0 amide bonds. The molecule has 1 N–H and O–H groups in total. The SMILES string of the molecule is CC1(Nc2ncc(Br)cn2)CCCCC1. The van der Waals surface area contributed by atoms with Gasteiger partial charge in [0, 0.05) is 17.9 Å². The second-order valence-corrected chi connectivity index (χ2v) is 5.39. The average molecular weight is 270 g/mol. The van der Waals surface area contributed by atoms with Crippen LogP contribution in [0.2, 0.25) is 0 Å². The zero-order valence-corrected chi connectivity index (χ0v) is 10.5. The minimum Gasteiger partial charge on any atom is -0.349 e. The third-order valence-electron chi connectivity index (χ3n) is 2.99. The van der Waals surface area contributed by atoms with Crippen molar-refractivity contribution < 1.29 is 0 Å². The van der Waals surface area contributed by atoms with Crippen LogP contribution in [-0.4, -0.2) is 15.5 Å². The van der Waals surface area contributed by atoms with E-state index in [4.69, 9.17) is 0 Å². The molecule has 1 aromatic heterocycles. The molecule has 1 aliphatic rings. The summed E-state index contributed by atoms with van der Waals surface area (Å²) in [6, 6.07) is 0. The minimum atomic E-state index is 0.187. The number of hydrogen-bond acceptors (Lipinski definition) is 3. The molecule has 1 fully saturated rings. The molecule has 0 spiro atoms. The van der Waals surface area contributed by atoms with Crippen molar-refractivity contribution >= 4 is 21.9 Å². The number of nitrogens with zero attached hydrogens (tertiary/aromatic N) is 2. The summed E-state index contributed by atoms with van der Waals surface area (Å²) in [6.07, 6.45) is 9.96. The average Bonchev–Trinajstić information content (AvgIpc) is 2.22. The van der Waals surface area contributed by atoms with E-state index in [0.29, 0.717) is 0 Å². The Hall–Kier alpha value is -0.640. The van der Waals surface area contributed by atoms with Crippen LogP contribution in [0.25, 0.3) is 0 Å². The molecular formula is C11H16BrN3. The highest BCUT2D eigenvalue weighted by molar-refractivity contribution is 9.10. The van der Waals surface area contributed by atoms with Gasteiger partial charge in [-0.1, -0.05) is 19.3 Å². The van der Waals surface area contributed by atoms with Crippen LogP contribution in [0, 0.1) is 0 Å². The maximum atomic E-state index is 4.25. The Labute approximate surface area is 98.8 Å². The summed E-state index contributed by atoms with van der Waals surface area (Å²) in [5, 5.41) is 3.44. The normalized spacial score (nSPS) is 19.9. The van der Waals surface area contributed by atoms with Gasteiger partial charge in [0.15, 0.2) is 0 Å². The number of halogens is 1. The lowest BCUT2D eigenvalue weighted by molar-refractivity contribution is 0.347. The maximum Gasteiger partial charge on any atom is 0.223 e. The molecule has 2 rings (SSSR count). The molecule has 1 heterocycles. The monoisotopic (exact) mass is 269 g/mol. The number of hydrogen-bond donors (Lipinski definition) is 1. The van der Waals surface area contributed by atoms with Gasteiger partial charge in [0.1, 0.15) is 0 Å². The molecule has 1 aromatic rings. The quantitative estimate of drug-likeness (QED) is 0.895. The summed E-state index contributed by atoms with van der Waals surface area (Å²) >= 11 is 3.33. The molecule has 82 valence electrons. The molecule has 0 unspecified atom stereocenters. The molecule has 0 saturated heterocycles. The molecule has 0 radical (unpaired) electrons. The van der Waals surface area contributed by atoms with Crippen molar-refractivity contribution in [2.45, 2.75) is 44.6 Å². The number of aromatic nitrogens is 2. The van der Waals surface area contributed by atoms with Crippen molar-refractivity contribution in [3.05, 3.63) is 16.9 Å². The smallest absolute Gasteiger partial charge is 0.223 e. The molecule has 4 heteroatoms. The first-order valence-corrected chi connectivity index (χ1v) is 6.23. The van der Waals surface area contributed by atoms with E-state index >= 15 is 0 Å². The Morgan fingerprint density at radius 2 is 1.80 bits per heavy atom. The van der Waals surface area contributed by atoms with Crippen molar-refractivity contribution in [3.63, 3.8) is 0 Å². The Balaban J connectivity index is 2.03. The number of nitrogens with one attached hydrogen (secondary N) is 1. The van der Waals surface area contributed by atoms with Gasteiger partial charge < -0.3 is 5.32 Å². The zero-order chi connectivity index (χ0) is 10.7. The summed E-state index contributed by atoms with van der Waals surface area (Å²) in [4.78, 5) is 8.50. The maximum absolute atomic E-state index is 4.25. The Kier molecular flexibility index (Phi) is 3.24. The highest BCUT2D eigenvalue weighted by Gasteiger charge is 2.26. The molecule has 1 aliphatic carbocycles. The second-order valence-electron chi connectivity index (χ2n) is 4.47. The van der Waals surface area contributed by atoms with Gasteiger partial charge in [-0.25, -0.2) is 9.97 Å². The zero-order valence-electron chi connectivity index (χ0n) is 8.96. The molecular weight excluding hydrogens is 254 g/mol. The second kappa shape index (κ2) is 4.47. The predicted octanol–water partition coefficient (Wildman–Crippen LogP) is 3.37. The summed E-state index contributed by atoms with van der Waals surface area (Å²) in [5.74, 6) is 0.739. The van der Waals surface area contributed by atoms with Crippen LogP contribution in [-0.2, 0) is 0 Å². The van der Waals surface area contributed by atoms with Crippen molar-refractivity contribution in [3.8, 4) is 0 Å². The lowest BCUT2D eigenvalue weighted by Gasteiger charge is -2.34. The van der Waals surface area contributed by atoms with E-state index < -0.39 is 0 Å². The predicted molar refractivity (Wildman–Crippen MR) is 64.8 cm³/mol.